The van der Waals surface area contributed by atoms with Gasteiger partial charge in [0.2, 0.25) is 11.8 Å². The van der Waals surface area contributed by atoms with E-state index < -0.39 is 0 Å². The number of nitrogens with zero attached hydrogens (tertiary/aromatic N) is 2. The fourth-order valence-electron chi connectivity index (χ4n) is 3.75. The Labute approximate surface area is 133 Å². The van der Waals surface area contributed by atoms with E-state index in [4.69, 9.17) is 4.74 Å². The van der Waals surface area contributed by atoms with Crippen molar-refractivity contribution in [3.8, 4) is 0 Å². The standard InChI is InChI=1S/C16H29N3O3/c1-13(20)19-10-4-7-15(19)14-6-3-9-18(14)12-16(21)17-8-5-11-22-2/h14-15H,3-12H2,1-2H3,(H,17,21). The molecule has 2 amide bonds. The van der Waals surface area contributed by atoms with Crippen LogP contribution in [0.15, 0.2) is 0 Å². The highest BCUT2D eigenvalue weighted by Gasteiger charge is 2.39. The summed E-state index contributed by atoms with van der Waals surface area (Å²) in [6, 6.07) is 0.636. The van der Waals surface area contributed by atoms with Crippen LogP contribution in [-0.2, 0) is 14.3 Å². The highest BCUT2D eigenvalue weighted by atomic mass is 16.5. The van der Waals surface area contributed by atoms with Gasteiger partial charge in [-0.05, 0) is 38.6 Å². The summed E-state index contributed by atoms with van der Waals surface area (Å²) in [7, 11) is 1.67. The quantitative estimate of drug-likeness (QED) is 0.700. The molecular formula is C16H29N3O3. The Morgan fingerprint density at radius 3 is 2.64 bits per heavy atom. The molecule has 6 heteroatoms. The van der Waals surface area contributed by atoms with Crippen molar-refractivity contribution >= 4 is 11.8 Å². The maximum Gasteiger partial charge on any atom is 0.234 e. The Kier molecular flexibility index (Phi) is 6.64. The van der Waals surface area contributed by atoms with Crippen LogP contribution < -0.4 is 5.32 Å². The highest BCUT2D eigenvalue weighted by Crippen LogP contribution is 2.29. The van der Waals surface area contributed by atoms with E-state index in [0.29, 0.717) is 31.8 Å². The topological polar surface area (TPSA) is 61.9 Å². The van der Waals surface area contributed by atoms with Crippen molar-refractivity contribution in [3.05, 3.63) is 0 Å². The molecule has 2 atom stereocenters. The Hall–Kier alpha value is -1.14. The Morgan fingerprint density at radius 2 is 1.91 bits per heavy atom. The molecule has 0 spiro atoms. The molecule has 0 radical (unpaired) electrons. The maximum atomic E-state index is 12.1. The molecule has 0 aromatic heterocycles. The van der Waals surface area contributed by atoms with Gasteiger partial charge in [-0.1, -0.05) is 0 Å². The van der Waals surface area contributed by atoms with E-state index in [2.05, 4.69) is 10.2 Å². The zero-order valence-electron chi connectivity index (χ0n) is 13.8. The van der Waals surface area contributed by atoms with Gasteiger partial charge in [0, 0.05) is 45.8 Å². The maximum absolute atomic E-state index is 12.1. The summed E-state index contributed by atoms with van der Waals surface area (Å²) < 4.78 is 4.98. The second-order valence-electron chi connectivity index (χ2n) is 6.30. The minimum atomic E-state index is 0.0791. The lowest BCUT2D eigenvalue weighted by Gasteiger charge is -2.34. The number of methoxy groups -OCH3 is 1. The van der Waals surface area contributed by atoms with E-state index >= 15 is 0 Å². The van der Waals surface area contributed by atoms with Crippen LogP contribution in [-0.4, -0.2) is 73.6 Å². The van der Waals surface area contributed by atoms with Crippen molar-refractivity contribution in [1.82, 2.24) is 15.1 Å². The second-order valence-corrected chi connectivity index (χ2v) is 6.30. The number of hydrogen-bond acceptors (Lipinski definition) is 4. The van der Waals surface area contributed by atoms with Crippen molar-refractivity contribution < 1.29 is 14.3 Å². The third-order valence-electron chi connectivity index (χ3n) is 4.76. The van der Waals surface area contributed by atoms with Gasteiger partial charge in [0.05, 0.1) is 6.54 Å². The normalized spacial score (nSPS) is 25.6. The molecule has 2 fully saturated rings. The van der Waals surface area contributed by atoms with Gasteiger partial charge < -0.3 is 15.0 Å². The van der Waals surface area contributed by atoms with Crippen molar-refractivity contribution in [3.63, 3.8) is 0 Å². The molecule has 2 aliphatic heterocycles. The molecule has 0 aromatic rings. The van der Waals surface area contributed by atoms with Gasteiger partial charge in [-0.25, -0.2) is 0 Å². The van der Waals surface area contributed by atoms with E-state index in [-0.39, 0.29) is 11.8 Å². The molecule has 0 bridgehead atoms. The van der Waals surface area contributed by atoms with E-state index in [1.807, 2.05) is 4.90 Å². The molecule has 0 aromatic carbocycles. The Morgan fingerprint density at radius 1 is 1.18 bits per heavy atom. The molecular weight excluding hydrogens is 282 g/mol. The van der Waals surface area contributed by atoms with Crippen molar-refractivity contribution in [2.75, 3.05) is 39.9 Å². The van der Waals surface area contributed by atoms with Crippen LogP contribution in [0.1, 0.15) is 39.0 Å². The number of carbonyl (C=O) groups is 2. The summed E-state index contributed by atoms with van der Waals surface area (Å²) in [6.45, 7) is 5.25. The second kappa shape index (κ2) is 8.48. The van der Waals surface area contributed by atoms with E-state index in [1.165, 1.54) is 0 Å². The summed E-state index contributed by atoms with van der Waals surface area (Å²) in [6.07, 6.45) is 5.19. The van der Waals surface area contributed by atoms with Gasteiger partial charge >= 0.3 is 0 Å². The molecule has 2 heterocycles. The lowest BCUT2D eigenvalue weighted by molar-refractivity contribution is -0.130. The molecule has 0 aliphatic carbocycles. The van der Waals surface area contributed by atoms with Crippen molar-refractivity contribution in [2.45, 2.75) is 51.1 Å². The van der Waals surface area contributed by atoms with Gasteiger partial charge in [-0.2, -0.15) is 0 Å². The van der Waals surface area contributed by atoms with Gasteiger partial charge in [0.15, 0.2) is 0 Å². The number of amides is 2. The van der Waals surface area contributed by atoms with Crippen molar-refractivity contribution in [2.24, 2.45) is 0 Å². The molecule has 22 heavy (non-hydrogen) atoms. The molecule has 2 saturated heterocycles. The van der Waals surface area contributed by atoms with E-state index in [1.54, 1.807) is 14.0 Å². The van der Waals surface area contributed by atoms with Gasteiger partial charge in [-0.15, -0.1) is 0 Å². The van der Waals surface area contributed by atoms with Crippen LogP contribution in [0.2, 0.25) is 0 Å². The van der Waals surface area contributed by atoms with Gasteiger partial charge in [0.1, 0.15) is 0 Å². The molecule has 1 N–H and O–H groups in total. The Balaban J connectivity index is 1.82. The van der Waals surface area contributed by atoms with E-state index in [0.717, 1.165) is 45.2 Å². The number of ether oxygens (including phenoxy) is 1. The molecule has 0 saturated carbocycles. The third kappa shape index (κ3) is 4.43. The summed E-state index contributed by atoms with van der Waals surface area (Å²) in [4.78, 5) is 28.1. The molecule has 2 aliphatic rings. The smallest absolute Gasteiger partial charge is 0.234 e. The number of likely N-dealkylation sites (tertiary alicyclic amines) is 2. The molecule has 6 nitrogen and oxygen atoms in total. The molecule has 2 unspecified atom stereocenters. The first kappa shape index (κ1) is 17.2. The Bertz CT molecular complexity index is 389. The van der Waals surface area contributed by atoms with Crippen LogP contribution in [0, 0.1) is 0 Å². The summed E-state index contributed by atoms with van der Waals surface area (Å²) in [5, 5.41) is 2.95. The average molecular weight is 311 g/mol. The molecule has 2 rings (SSSR count). The molecule has 126 valence electrons. The highest BCUT2D eigenvalue weighted by molar-refractivity contribution is 5.78. The van der Waals surface area contributed by atoms with Crippen LogP contribution >= 0.6 is 0 Å². The SMILES string of the molecule is COCCCNC(=O)CN1CCCC1C1CCCN1C(C)=O. The summed E-state index contributed by atoms with van der Waals surface area (Å²) >= 11 is 0. The van der Waals surface area contributed by atoms with E-state index in [9.17, 15) is 9.59 Å². The predicted octanol–water partition coefficient (Wildman–Crippen LogP) is 0.614. The van der Waals surface area contributed by atoms with Crippen LogP contribution in [0.25, 0.3) is 0 Å². The monoisotopic (exact) mass is 311 g/mol. The van der Waals surface area contributed by atoms with Crippen LogP contribution in [0.3, 0.4) is 0 Å². The average Bonchev–Trinajstić information content (AvgIpc) is 3.11. The lowest BCUT2D eigenvalue weighted by atomic mass is 10.0. The fourth-order valence-corrected chi connectivity index (χ4v) is 3.75. The third-order valence-corrected chi connectivity index (χ3v) is 4.76. The van der Waals surface area contributed by atoms with Gasteiger partial charge in [-0.3, -0.25) is 14.5 Å². The first-order valence-corrected chi connectivity index (χ1v) is 8.40. The van der Waals surface area contributed by atoms with Crippen LogP contribution in [0.4, 0.5) is 0 Å². The van der Waals surface area contributed by atoms with Gasteiger partial charge in [0.25, 0.3) is 0 Å². The number of nitrogens with one attached hydrogen (secondary N) is 1. The fraction of sp³-hybridized carbons (Fsp3) is 0.875. The lowest BCUT2D eigenvalue weighted by Crippen LogP contribution is -2.50. The van der Waals surface area contributed by atoms with Crippen molar-refractivity contribution in [1.29, 1.82) is 0 Å². The van der Waals surface area contributed by atoms with Crippen LogP contribution in [0.5, 0.6) is 0 Å². The number of hydrogen-bond donors (Lipinski definition) is 1. The summed E-state index contributed by atoms with van der Waals surface area (Å²) in [5.41, 5.74) is 0. The zero-order chi connectivity index (χ0) is 15.9. The zero-order valence-corrected chi connectivity index (χ0v) is 13.8. The first-order valence-electron chi connectivity index (χ1n) is 8.40. The minimum absolute atomic E-state index is 0.0791. The number of rotatable bonds is 7. The first-order chi connectivity index (χ1) is 10.6. The largest absolute Gasteiger partial charge is 0.385 e. The predicted molar refractivity (Wildman–Crippen MR) is 84.5 cm³/mol. The summed E-state index contributed by atoms with van der Waals surface area (Å²) in [5.74, 6) is 0.244. The minimum Gasteiger partial charge on any atom is -0.385 e. The number of carbonyl (C=O) groups excluding carboxylic acids is 2.